The van der Waals surface area contributed by atoms with Crippen LogP contribution in [0.5, 0.6) is 11.6 Å². The minimum Gasteiger partial charge on any atom is -0.436 e. The lowest BCUT2D eigenvalue weighted by atomic mass is 10.2. The van der Waals surface area contributed by atoms with E-state index in [1.165, 1.54) is 5.56 Å². The first-order valence-electron chi connectivity index (χ1n) is 5.30. The molecule has 0 spiro atoms. The Hall–Kier alpha value is -1.42. The molecule has 0 unspecified atom stereocenters. The van der Waals surface area contributed by atoms with Crippen molar-refractivity contribution in [3.63, 3.8) is 0 Å². The summed E-state index contributed by atoms with van der Waals surface area (Å²) in [6.45, 7) is 5.87. The van der Waals surface area contributed by atoms with Crippen molar-refractivity contribution in [1.29, 1.82) is 0 Å². The summed E-state index contributed by atoms with van der Waals surface area (Å²) in [5.41, 5.74) is 2.97. The quantitative estimate of drug-likeness (QED) is 0.840. The highest BCUT2D eigenvalue weighted by Gasteiger charge is 2.05. The van der Waals surface area contributed by atoms with Crippen LogP contribution in [0.3, 0.4) is 0 Å². The first-order chi connectivity index (χ1) is 8.06. The molecule has 0 radical (unpaired) electrons. The lowest BCUT2D eigenvalue weighted by Crippen LogP contribution is -1.95. The van der Waals surface area contributed by atoms with Gasteiger partial charge in [0.2, 0.25) is 5.88 Å². The van der Waals surface area contributed by atoms with Gasteiger partial charge in [-0.1, -0.05) is 6.07 Å². The van der Waals surface area contributed by atoms with Gasteiger partial charge in [0.1, 0.15) is 5.75 Å². The normalized spacial score (nSPS) is 10.4. The zero-order valence-electron chi connectivity index (χ0n) is 9.99. The van der Waals surface area contributed by atoms with E-state index in [0.717, 1.165) is 21.6 Å². The third-order valence-electron chi connectivity index (χ3n) is 2.47. The second kappa shape index (κ2) is 4.84. The van der Waals surface area contributed by atoms with Gasteiger partial charge in [0, 0.05) is 0 Å². The van der Waals surface area contributed by atoms with Crippen LogP contribution in [0.15, 0.2) is 28.9 Å². The first kappa shape index (κ1) is 12.0. The number of aryl methyl sites for hydroxylation is 3. The van der Waals surface area contributed by atoms with E-state index in [4.69, 9.17) is 4.74 Å². The summed E-state index contributed by atoms with van der Waals surface area (Å²) >= 11 is 3.46. The van der Waals surface area contributed by atoms with E-state index in [1.54, 1.807) is 6.20 Å². The molecule has 0 aliphatic rings. The maximum absolute atomic E-state index is 5.68. The molecule has 1 heterocycles. The van der Waals surface area contributed by atoms with Crippen LogP contribution in [0, 0.1) is 20.8 Å². The Morgan fingerprint density at radius 3 is 2.53 bits per heavy atom. The van der Waals surface area contributed by atoms with E-state index in [0.29, 0.717) is 5.88 Å². The van der Waals surface area contributed by atoms with Crippen molar-refractivity contribution in [2.45, 2.75) is 20.8 Å². The van der Waals surface area contributed by atoms with Crippen LogP contribution in [0.25, 0.3) is 0 Å². The number of halogens is 1. The predicted octanol–water partition coefficient (Wildman–Crippen LogP) is 3.96. The number of benzene rings is 1. The van der Waals surface area contributed by atoms with Crippen molar-refractivity contribution in [2.75, 3.05) is 0 Å². The van der Waals surface area contributed by atoms with Crippen LogP contribution in [-0.4, -0.2) is 9.97 Å². The van der Waals surface area contributed by atoms with Gasteiger partial charge in [-0.15, -0.1) is 0 Å². The van der Waals surface area contributed by atoms with E-state index in [1.807, 2.05) is 39.0 Å². The molecular weight excluding hydrogens is 280 g/mol. The lowest BCUT2D eigenvalue weighted by molar-refractivity contribution is 0.455. The molecule has 0 saturated heterocycles. The molecule has 0 aliphatic carbocycles. The number of ether oxygens (including phenoxy) is 1. The molecule has 1 aromatic heterocycles. The van der Waals surface area contributed by atoms with Crippen molar-refractivity contribution in [2.24, 2.45) is 0 Å². The van der Waals surface area contributed by atoms with Gasteiger partial charge in [-0.3, -0.25) is 4.98 Å². The van der Waals surface area contributed by atoms with Gasteiger partial charge in [-0.25, -0.2) is 4.98 Å². The Kier molecular flexibility index (Phi) is 3.43. The van der Waals surface area contributed by atoms with E-state index < -0.39 is 0 Å². The Balaban J connectivity index is 2.28. The average molecular weight is 293 g/mol. The zero-order valence-corrected chi connectivity index (χ0v) is 11.6. The number of hydrogen-bond donors (Lipinski definition) is 0. The van der Waals surface area contributed by atoms with Crippen molar-refractivity contribution in [3.05, 3.63) is 45.8 Å². The molecule has 0 aliphatic heterocycles. The molecule has 3 nitrogen and oxygen atoms in total. The molecule has 0 fully saturated rings. The van der Waals surface area contributed by atoms with E-state index >= 15 is 0 Å². The van der Waals surface area contributed by atoms with Gasteiger partial charge in [0.25, 0.3) is 0 Å². The second-order valence-corrected chi connectivity index (χ2v) is 4.77. The molecule has 2 rings (SSSR count). The second-order valence-electron chi connectivity index (χ2n) is 3.91. The third-order valence-corrected chi connectivity index (χ3v) is 3.09. The highest BCUT2D eigenvalue weighted by Crippen LogP contribution is 2.29. The van der Waals surface area contributed by atoms with Crippen LogP contribution >= 0.6 is 15.9 Å². The molecule has 0 atom stereocenters. The van der Waals surface area contributed by atoms with E-state index in [-0.39, 0.29) is 0 Å². The van der Waals surface area contributed by atoms with Gasteiger partial charge in [0.05, 0.1) is 22.1 Å². The van der Waals surface area contributed by atoms with Crippen LogP contribution < -0.4 is 4.74 Å². The Bertz CT molecular complexity index is 555. The lowest BCUT2D eigenvalue weighted by Gasteiger charge is -2.08. The highest BCUT2D eigenvalue weighted by molar-refractivity contribution is 9.10. The fourth-order valence-electron chi connectivity index (χ4n) is 1.37. The van der Waals surface area contributed by atoms with Crippen molar-refractivity contribution >= 4 is 15.9 Å². The van der Waals surface area contributed by atoms with E-state index in [2.05, 4.69) is 25.9 Å². The minimum absolute atomic E-state index is 0.512. The van der Waals surface area contributed by atoms with Crippen molar-refractivity contribution in [3.8, 4) is 11.6 Å². The zero-order chi connectivity index (χ0) is 12.4. The molecular formula is C13H13BrN2O. The first-order valence-corrected chi connectivity index (χ1v) is 6.10. The standard InChI is InChI=1S/C13H13BrN2O/c1-8-4-5-12(11(14)6-8)17-13-7-15-9(2)10(3)16-13/h4-7H,1-3H3. The molecule has 4 heteroatoms. The Morgan fingerprint density at radius 1 is 1.12 bits per heavy atom. The van der Waals surface area contributed by atoms with Gasteiger partial charge < -0.3 is 4.74 Å². The smallest absolute Gasteiger partial charge is 0.238 e. The van der Waals surface area contributed by atoms with E-state index in [9.17, 15) is 0 Å². The Labute approximate surface area is 109 Å². The summed E-state index contributed by atoms with van der Waals surface area (Å²) in [6, 6.07) is 5.91. The molecule has 0 amide bonds. The monoisotopic (exact) mass is 292 g/mol. The van der Waals surface area contributed by atoms with Gasteiger partial charge in [-0.05, 0) is 54.4 Å². The number of hydrogen-bond acceptors (Lipinski definition) is 3. The maximum atomic E-state index is 5.68. The summed E-state index contributed by atoms with van der Waals surface area (Å²) in [4.78, 5) is 8.55. The molecule has 2 aromatic rings. The number of rotatable bonds is 2. The SMILES string of the molecule is Cc1ccc(Oc2cnc(C)c(C)n2)c(Br)c1. The predicted molar refractivity (Wildman–Crippen MR) is 70.5 cm³/mol. The molecule has 0 bridgehead atoms. The molecule has 88 valence electrons. The van der Waals surface area contributed by atoms with Crippen molar-refractivity contribution < 1.29 is 4.74 Å². The summed E-state index contributed by atoms with van der Waals surface area (Å²) in [7, 11) is 0. The van der Waals surface area contributed by atoms with Crippen LogP contribution in [0.1, 0.15) is 17.0 Å². The fraction of sp³-hybridized carbons (Fsp3) is 0.231. The third kappa shape index (κ3) is 2.82. The van der Waals surface area contributed by atoms with Gasteiger partial charge >= 0.3 is 0 Å². The minimum atomic E-state index is 0.512. The van der Waals surface area contributed by atoms with Crippen LogP contribution in [0.2, 0.25) is 0 Å². The molecule has 0 N–H and O–H groups in total. The van der Waals surface area contributed by atoms with Gasteiger partial charge in [0.15, 0.2) is 0 Å². The highest BCUT2D eigenvalue weighted by atomic mass is 79.9. The number of aromatic nitrogens is 2. The van der Waals surface area contributed by atoms with Crippen LogP contribution in [-0.2, 0) is 0 Å². The van der Waals surface area contributed by atoms with Gasteiger partial charge in [-0.2, -0.15) is 0 Å². The molecule has 17 heavy (non-hydrogen) atoms. The maximum Gasteiger partial charge on any atom is 0.238 e. The largest absolute Gasteiger partial charge is 0.436 e. The average Bonchev–Trinajstić information content (AvgIpc) is 2.27. The summed E-state index contributed by atoms with van der Waals surface area (Å²) < 4.78 is 6.59. The molecule has 0 saturated carbocycles. The Morgan fingerprint density at radius 2 is 1.88 bits per heavy atom. The topological polar surface area (TPSA) is 35.0 Å². The van der Waals surface area contributed by atoms with Crippen molar-refractivity contribution in [1.82, 2.24) is 9.97 Å². The fourth-order valence-corrected chi connectivity index (χ4v) is 1.95. The number of nitrogens with zero attached hydrogens (tertiary/aromatic N) is 2. The summed E-state index contributed by atoms with van der Waals surface area (Å²) in [5.74, 6) is 1.26. The summed E-state index contributed by atoms with van der Waals surface area (Å²) in [5, 5.41) is 0. The van der Waals surface area contributed by atoms with Crippen LogP contribution in [0.4, 0.5) is 0 Å². The molecule has 1 aromatic carbocycles. The summed E-state index contributed by atoms with van der Waals surface area (Å²) in [6.07, 6.45) is 1.63.